The number of nitrogen functional groups attached to an aromatic ring is 1. The monoisotopic (exact) mass is 326 g/mol. The number of hydrogen-bond acceptors (Lipinski definition) is 4. The van der Waals surface area contributed by atoms with Gasteiger partial charge in [0.2, 0.25) is 0 Å². The van der Waals surface area contributed by atoms with E-state index in [9.17, 15) is 0 Å². The summed E-state index contributed by atoms with van der Waals surface area (Å²) in [5.74, 6) is 0. The van der Waals surface area contributed by atoms with E-state index >= 15 is 0 Å². The lowest BCUT2D eigenvalue weighted by atomic mass is 9.98. The van der Waals surface area contributed by atoms with Gasteiger partial charge in [-0.2, -0.15) is 0 Å². The van der Waals surface area contributed by atoms with E-state index in [4.69, 9.17) is 15.7 Å². The smallest absolute Gasteiger partial charge is 0.0884 e. The van der Waals surface area contributed by atoms with Crippen LogP contribution in [0.1, 0.15) is 64.2 Å². The summed E-state index contributed by atoms with van der Waals surface area (Å²) in [6.07, 6.45) is 12.2. The molecule has 0 bridgehead atoms. The molecule has 0 aliphatic heterocycles. The summed E-state index contributed by atoms with van der Waals surface area (Å²) in [5, 5.41) is 0. The van der Waals surface area contributed by atoms with Crippen molar-refractivity contribution >= 4 is 34.2 Å². The molecule has 1 aromatic carbocycles. The summed E-state index contributed by atoms with van der Waals surface area (Å²) in [5.41, 5.74) is 12.7. The van der Waals surface area contributed by atoms with Crippen LogP contribution in [0.3, 0.4) is 0 Å². The van der Waals surface area contributed by atoms with Crippen molar-refractivity contribution < 1.29 is 0 Å². The molecule has 3 rings (SSSR count). The highest BCUT2D eigenvalue weighted by Gasteiger charge is 2.14. The maximum Gasteiger partial charge on any atom is 0.0884 e. The molecule has 4 heteroatoms. The molecule has 24 heavy (non-hydrogen) atoms. The van der Waals surface area contributed by atoms with Crippen LogP contribution in [0.2, 0.25) is 0 Å². The average molecular weight is 326 g/mol. The third kappa shape index (κ3) is 4.16. The largest absolute Gasteiger partial charge is 0.397 e. The summed E-state index contributed by atoms with van der Waals surface area (Å²) in [6.45, 7) is 0. The zero-order chi connectivity index (χ0) is 16.9. The first-order chi connectivity index (χ1) is 11.6. The van der Waals surface area contributed by atoms with Gasteiger partial charge in [-0.1, -0.05) is 12.8 Å². The van der Waals surface area contributed by atoms with Crippen molar-refractivity contribution in [2.24, 2.45) is 9.98 Å². The SMILES string of the molecule is CN(C)c1cc(N=C2CCCCC2)c(N)cc1N=C1CCCCC1. The molecule has 0 radical (unpaired) electrons. The lowest BCUT2D eigenvalue weighted by molar-refractivity contribution is 0.666. The Morgan fingerprint density at radius 2 is 1.25 bits per heavy atom. The zero-order valence-electron chi connectivity index (χ0n) is 15.1. The maximum absolute atomic E-state index is 6.32. The Labute approximate surface area is 145 Å². The first-order valence-electron chi connectivity index (χ1n) is 9.37. The minimum absolute atomic E-state index is 0.744. The molecular formula is C20H30N4. The molecule has 2 aliphatic rings. The number of anilines is 2. The lowest BCUT2D eigenvalue weighted by Gasteiger charge is -2.20. The number of rotatable bonds is 3. The van der Waals surface area contributed by atoms with Crippen LogP contribution in [0.25, 0.3) is 0 Å². The Morgan fingerprint density at radius 1 is 0.750 bits per heavy atom. The highest BCUT2D eigenvalue weighted by molar-refractivity contribution is 5.93. The molecule has 2 saturated carbocycles. The van der Waals surface area contributed by atoms with Crippen LogP contribution in [0.15, 0.2) is 22.1 Å². The first-order valence-corrected chi connectivity index (χ1v) is 9.37. The molecule has 0 unspecified atom stereocenters. The normalized spacial score (nSPS) is 18.4. The molecule has 0 spiro atoms. The Bertz CT molecular complexity index is 627. The van der Waals surface area contributed by atoms with E-state index in [-0.39, 0.29) is 0 Å². The Hall–Kier alpha value is -1.84. The molecule has 130 valence electrons. The van der Waals surface area contributed by atoms with Gasteiger partial charge in [-0.15, -0.1) is 0 Å². The number of aliphatic imine (C=N–C) groups is 2. The fourth-order valence-electron chi connectivity index (χ4n) is 3.61. The summed E-state index contributed by atoms with van der Waals surface area (Å²) in [4.78, 5) is 11.9. The Morgan fingerprint density at radius 3 is 1.75 bits per heavy atom. The second-order valence-corrected chi connectivity index (χ2v) is 7.27. The van der Waals surface area contributed by atoms with Crippen LogP contribution in [0.4, 0.5) is 22.7 Å². The van der Waals surface area contributed by atoms with Gasteiger partial charge >= 0.3 is 0 Å². The fourth-order valence-corrected chi connectivity index (χ4v) is 3.61. The van der Waals surface area contributed by atoms with E-state index in [1.165, 1.54) is 49.9 Å². The number of hydrogen-bond donors (Lipinski definition) is 1. The van der Waals surface area contributed by atoms with Crippen LogP contribution in [-0.2, 0) is 0 Å². The highest BCUT2D eigenvalue weighted by Crippen LogP contribution is 2.38. The Kier molecular flexibility index (Phi) is 5.54. The van der Waals surface area contributed by atoms with Gasteiger partial charge in [0, 0.05) is 25.5 Å². The Balaban J connectivity index is 1.94. The molecule has 2 N–H and O–H groups in total. The third-order valence-electron chi connectivity index (χ3n) is 5.02. The molecule has 0 atom stereocenters. The van der Waals surface area contributed by atoms with Gasteiger partial charge in [0.25, 0.3) is 0 Å². The maximum atomic E-state index is 6.32. The number of nitrogens with zero attached hydrogens (tertiary/aromatic N) is 3. The van der Waals surface area contributed by atoms with E-state index in [1.54, 1.807) is 0 Å². The summed E-state index contributed by atoms with van der Waals surface area (Å²) in [6, 6.07) is 4.12. The molecule has 2 aliphatic carbocycles. The third-order valence-corrected chi connectivity index (χ3v) is 5.02. The van der Waals surface area contributed by atoms with Crippen molar-refractivity contribution in [2.75, 3.05) is 24.7 Å². The van der Waals surface area contributed by atoms with Crippen LogP contribution in [-0.4, -0.2) is 25.5 Å². The summed E-state index contributed by atoms with van der Waals surface area (Å²) >= 11 is 0. The summed E-state index contributed by atoms with van der Waals surface area (Å²) < 4.78 is 0. The number of benzene rings is 1. The van der Waals surface area contributed by atoms with Gasteiger partial charge in [-0.25, -0.2) is 0 Å². The van der Waals surface area contributed by atoms with Gasteiger partial charge in [-0.3, -0.25) is 9.98 Å². The van der Waals surface area contributed by atoms with Crippen molar-refractivity contribution in [3.05, 3.63) is 12.1 Å². The molecule has 2 fully saturated rings. The van der Waals surface area contributed by atoms with Gasteiger partial charge in [0.15, 0.2) is 0 Å². The highest BCUT2D eigenvalue weighted by atomic mass is 15.1. The van der Waals surface area contributed by atoms with E-state index in [0.29, 0.717) is 0 Å². The van der Waals surface area contributed by atoms with Crippen molar-refractivity contribution in [3.8, 4) is 0 Å². The predicted molar refractivity (Wildman–Crippen MR) is 106 cm³/mol. The van der Waals surface area contributed by atoms with Crippen molar-refractivity contribution in [1.29, 1.82) is 0 Å². The molecule has 1 aromatic rings. The van der Waals surface area contributed by atoms with Crippen molar-refractivity contribution in [3.63, 3.8) is 0 Å². The second kappa shape index (κ2) is 7.82. The fraction of sp³-hybridized carbons (Fsp3) is 0.600. The van der Waals surface area contributed by atoms with Gasteiger partial charge < -0.3 is 10.6 Å². The van der Waals surface area contributed by atoms with Crippen molar-refractivity contribution in [1.82, 2.24) is 0 Å². The first kappa shape index (κ1) is 17.0. The van der Waals surface area contributed by atoms with E-state index in [2.05, 4.69) is 25.1 Å². The molecule has 0 saturated heterocycles. The average Bonchev–Trinajstić information content (AvgIpc) is 2.59. The van der Waals surface area contributed by atoms with E-state index in [1.807, 2.05) is 6.07 Å². The van der Waals surface area contributed by atoms with Gasteiger partial charge in [-0.05, 0) is 63.5 Å². The topological polar surface area (TPSA) is 54.0 Å². The number of nitrogens with two attached hydrogens (primary N) is 1. The lowest BCUT2D eigenvalue weighted by Crippen LogP contribution is -2.10. The minimum atomic E-state index is 0.744. The van der Waals surface area contributed by atoms with E-state index < -0.39 is 0 Å². The second-order valence-electron chi connectivity index (χ2n) is 7.27. The van der Waals surface area contributed by atoms with Crippen LogP contribution >= 0.6 is 0 Å². The molecular weight excluding hydrogens is 296 g/mol. The molecule has 0 amide bonds. The predicted octanol–water partition coefficient (Wildman–Crippen LogP) is 5.41. The van der Waals surface area contributed by atoms with Crippen LogP contribution < -0.4 is 10.6 Å². The zero-order valence-corrected chi connectivity index (χ0v) is 15.1. The summed E-state index contributed by atoms with van der Waals surface area (Å²) in [7, 11) is 4.13. The minimum Gasteiger partial charge on any atom is -0.397 e. The van der Waals surface area contributed by atoms with Gasteiger partial charge in [0.05, 0.1) is 22.7 Å². The standard InChI is InChI=1S/C20H30N4/c1-24(2)20-14-18(22-15-9-5-3-6-10-15)17(21)13-19(20)23-16-11-7-4-8-12-16/h13-14H,3-12,21H2,1-2H3. The van der Waals surface area contributed by atoms with E-state index in [0.717, 1.165) is 48.4 Å². The van der Waals surface area contributed by atoms with Crippen LogP contribution in [0.5, 0.6) is 0 Å². The molecule has 0 aromatic heterocycles. The van der Waals surface area contributed by atoms with Crippen LogP contribution in [0, 0.1) is 0 Å². The molecule has 4 nitrogen and oxygen atoms in total. The molecule has 0 heterocycles. The van der Waals surface area contributed by atoms with Crippen molar-refractivity contribution in [2.45, 2.75) is 64.2 Å². The van der Waals surface area contributed by atoms with Gasteiger partial charge in [0.1, 0.15) is 0 Å². The quantitative estimate of drug-likeness (QED) is 0.755.